The maximum atomic E-state index is 12.8. The van der Waals surface area contributed by atoms with Gasteiger partial charge in [-0.3, -0.25) is 4.79 Å². The Morgan fingerprint density at radius 2 is 1.88 bits per heavy atom. The predicted molar refractivity (Wildman–Crippen MR) is 86.5 cm³/mol. The van der Waals surface area contributed by atoms with Crippen LogP contribution in [0.1, 0.15) is 11.1 Å². The zero-order valence-corrected chi connectivity index (χ0v) is 12.7. The molecule has 24 heavy (non-hydrogen) atoms. The molecule has 2 aromatic rings. The fourth-order valence-electron chi connectivity index (χ4n) is 2.01. The van der Waals surface area contributed by atoms with Gasteiger partial charge < -0.3 is 15.5 Å². The Morgan fingerprint density at radius 3 is 2.50 bits per heavy atom. The summed E-state index contributed by atoms with van der Waals surface area (Å²) in [7, 11) is 0. The molecule has 122 valence electrons. The molecule has 0 spiro atoms. The van der Waals surface area contributed by atoms with E-state index in [9.17, 15) is 19.4 Å². The molecule has 0 aliphatic heterocycles. The molecule has 0 bridgehead atoms. The molecule has 5 nitrogen and oxygen atoms in total. The van der Waals surface area contributed by atoms with Crippen molar-refractivity contribution < 1.29 is 19.4 Å². The van der Waals surface area contributed by atoms with Crippen molar-refractivity contribution in [1.82, 2.24) is 5.32 Å². The third kappa shape index (κ3) is 4.58. The summed E-state index contributed by atoms with van der Waals surface area (Å²) in [5, 5.41) is 30.4. The molecule has 0 aliphatic rings. The highest BCUT2D eigenvalue weighted by Gasteiger charge is 2.09. The quantitative estimate of drug-likeness (QED) is 0.447. The van der Waals surface area contributed by atoms with Gasteiger partial charge >= 0.3 is 0 Å². The minimum absolute atomic E-state index is 0.126. The largest absolute Gasteiger partial charge is 0.504 e. The van der Waals surface area contributed by atoms with Gasteiger partial charge in [-0.15, -0.1) is 0 Å². The zero-order chi connectivity index (χ0) is 17.5. The number of carbonyl (C=O) groups is 1. The van der Waals surface area contributed by atoms with Crippen LogP contribution in [0.25, 0.3) is 6.08 Å². The number of carbonyl (C=O) groups excluding carboxylic acids is 1. The van der Waals surface area contributed by atoms with E-state index in [1.807, 2.05) is 0 Å². The number of hydrogen-bond donors (Lipinski definition) is 3. The van der Waals surface area contributed by atoms with Crippen LogP contribution in [0.15, 0.2) is 48.0 Å². The van der Waals surface area contributed by atoms with Crippen LogP contribution in [0.3, 0.4) is 0 Å². The van der Waals surface area contributed by atoms with E-state index in [4.69, 9.17) is 5.26 Å². The Morgan fingerprint density at radius 1 is 1.17 bits per heavy atom. The maximum absolute atomic E-state index is 12.8. The molecule has 2 aromatic carbocycles. The summed E-state index contributed by atoms with van der Waals surface area (Å²) < 4.78 is 12.8. The summed E-state index contributed by atoms with van der Waals surface area (Å²) in [6, 6.07) is 11.7. The van der Waals surface area contributed by atoms with Crippen LogP contribution in [0.2, 0.25) is 0 Å². The van der Waals surface area contributed by atoms with E-state index in [1.54, 1.807) is 18.2 Å². The van der Waals surface area contributed by atoms with Gasteiger partial charge in [0.1, 0.15) is 17.5 Å². The number of benzene rings is 2. The lowest BCUT2D eigenvalue weighted by atomic mass is 10.1. The molecule has 6 heteroatoms. The number of nitrogens with zero attached hydrogens (tertiary/aromatic N) is 1. The Labute approximate surface area is 138 Å². The zero-order valence-electron chi connectivity index (χ0n) is 12.7. The van der Waals surface area contributed by atoms with Crippen LogP contribution in [0, 0.1) is 17.1 Å². The van der Waals surface area contributed by atoms with E-state index < -0.39 is 5.91 Å². The second-order valence-electron chi connectivity index (χ2n) is 5.05. The van der Waals surface area contributed by atoms with Gasteiger partial charge in [0.15, 0.2) is 11.5 Å². The molecular weight excluding hydrogens is 311 g/mol. The first-order valence-electron chi connectivity index (χ1n) is 7.16. The first-order valence-corrected chi connectivity index (χ1v) is 7.16. The fraction of sp³-hybridized carbons (Fsp3) is 0.111. The van der Waals surface area contributed by atoms with Gasteiger partial charge in [-0.05, 0) is 47.9 Å². The number of phenolic OH excluding ortho intramolecular Hbond substituents is 2. The Bertz CT molecular complexity index is 808. The standard InChI is InChI=1S/C18H15FN2O3/c19-15-4-1-12(2-5-15)7-8-21-18(24)14(11-20)9-13-3-6-16(22)17(23)10-13/h1-6,9-10,22-23H,7-8H2,(H,21,24)/b14-9+. The average molecular weight is 326 g/mol. The Balaban J connectivity index is 1.98. The first-order chi connectivity index (χ1) is 11.5. The van der Waals surface area contributed by atoms with Crippen molar-refractivity contribution in [2.75, 3.05) is 6.54 Å². The number of nitriles is 1. The van der Waals surface area contributed by atoms with Crippen molar-refractivity contribution in [3.8, 4) is 17.6 Å². The lowest BCUT2D eigenvalue weighted by Gasteiger charge is -2.05. The summed E-state index contributed by atoms with van der Waals surface area (Å²) >= 11 is 0. The monoisotopic (exact) mass is 326 g/mol. The van der Waals surface area contributed by atoms with Crippen molar-refractivity contribution in [1.29, 1.82) is 5.26 Å². The second kappa shape index (κ2) is 7.79. The third-order valence-corrected chi connectivity index (χ3v) is 3.29. The molecule has 0 heterocycles. The number of nitrogens with one attached hydrogen (secondary N) is 1. The van der Waals surface area contributed by atoms with Gasteiger partial charge in [0.25, 0.3) is 5.91 Å². The Hall–Kier alpha value is -3.33. The van der Waals surface area contributed by atoms with Crippen LogP contribution in [0.5, 0.6) is 11.5 Å². The van der Waals surface area contributed by atoms with E-state index >= 15 is 0 Å². The van der Waals surface area contributed by atoms with E-state index in [0.29, 0.717) is 18.5 Å². The van der Waals surface area contributed by atoms with Crippen molar-refractivity contribution in [2.24, 2.45) is 0 Å². The predicted octanol–water partition coefficient (Wildman–Crippen LogP) is 2.50. The molecular formula is C18H15FN2O3. The van der Waals surface area contributed by atoms with Gasteiger partial charge in [-0.2, -0.15) is 5.26 Å². The van der Waals surface area contributed by atoms with Crippen LogP contribution in [0.4, 0.5) is 4.39 Å². The summed E-state index contributed by atoms with van der Waals surface area (Å²) in [6.07, 6.45) is 1.82. The highest BCUT2D eigenvalue weighted by molar-refractivity contribution is 6.01. The van der Waals surface area contributed by atoms with Gasteiger partial charge in [0, 0.05) is 6.54 Å². The molecule has 0 saturated carbocycles. The second-order valence-corrected chi connectivity index (χ2v) is 5.05. The molecule has 0 fully saturated rings. The van der Waals surface area contributed by atoms with E-state index in [-0.39, 0.29) is 22.9 Å². The van der Waals surface area contributed by atoms with Crippen molar-refractivity contribution in [2.45, 2.75) is 6.42 Å². The normalized spacial score (nSPS) is 10.9. The third-order valence-electron chi connectivity index (χ3n) is 3.29. The Kier molecular flexibility index (Phi) is 5.53. The highest BCUT2D eigenvalue weighted by Crippen LogP contribution is 2.25. The number of phenols is 2. The highest BCUT2D eigenvalue weighted by atomic mass is 19.1. The van der Waals surface area contributed by atoms with Gasteiger partial charge in [-0.25, -0.2) is 4.39 Å². The van der Waals surface area contributed by atoms with E-state index in [2.05, 4.69) is 5.32 Å². The van der Waals surface area contributed by atoms with Gasteiger partial charge in [0.2, 0.25) is 0 Å². The summed E-state index contributed by atoms with van der Waals surface area (Å²) in [6.45, 7) is 0.296. The minimum atomic E-state index is -0.549. The number of amides is 1. The number of halogens is 1. The summed E-state index contributed by atoms with van der Waals surface area (Å²) in [5.41, 5.74) is 1.15. The molecule has 0 aliphatic carbocycles. The molecule has 0 saturated heterocycles. The fourth-order valence-corrected chi connectivity index (χ4v) is 2.01. The van der Waals surface area contributed by atoms with Gasteiger partial charge in [0.05, 0.1) is 0 Å². The van der Waals surface area contributed by atoms with Crippen molar-refractivity contribution in [3.63, 3.8) is 0 Å². The molecule has 1 amide bonds. The molecule has 0 radical (unpaired) electrons. The molecule has 0 unspecified atom stereocenters. The van der Waals surface area contributed by atoms with Crippen molar-refractivity contribution >= 4 is 12.0 Å². The minimum Gasteiger partial charge on any atom is -0.504 e. The first kappa shape index (κ1) is 17.0. The average Bonchev–Trinajstić information content (AvgIpc) is 2.57. The number of rotatable bonds is 5. The summed E-state index contributed by atoms with van der Waals surface area (Å²) in [4.78, 5) is 12.0. The summed E-state index contributed by atoms with van der Waals surface area (Å²) in [5.74, 6) is -1.49. The lowest BCUT2D eigenvalue weighted by Crippen LogP contribution is -2.26. The number of aromatic hydroxyl groups is 2. The molecule has 0 atom stereocenters. The molecule has 0 aromatic heterocycles. The number of hydrogen-bond acceptors (Lipinski definition) is 4. The van der Waals surface area contributed by atoms with Crippen LogP contribution in [-0.2, 0) is 11.2 Å². The maximum Gasteiger partial charge on any atom is 0.261 e. The van der Waals surface area contributed by atoms with Crippen LogP contribution < -0.4 is 5.32 Å². The van der Waals surface area contributed by atoms with E-state index in [0.717, 1.165) is 5.56 Å². The smallest absolute Gasteiger partial charge is 0.261 e. The van der Waals surface area contributed by atoms with Gasteiger partial charge in [-0.1, -0.05) is 18.2 Å². The topological polar surface area (TPSA) is 93.3 Å². The SMILES string of the molecule is N#C/C(=C\c1ccc(O)c(O)c1)C(=O)NCCc1ccc(F)cc1. The lowest BCUT2D eigenvalue weighted by molar-refractivity contribution is -0.117. The molecule has 3 N–H and O–H groups in total. The van der Waals surface area contributed by atoms with Crippen LogP contribution in [-0.4, -0.2) is 22.7 Å². The van der Waals surface area contributed by atoms with Crippen LogP contribution >= 0.6 is 0 Å². The van der Waals surface area contributed by atoms with E-state index in [1.165, 1.54) is 36.4 Å². The van der Waals surface area contributed by atoms with Crippen molar-refractivity contribution in [3.05, 3.63) is 65.0 Å². The molecule has 2 rings (SSSR count).